The van der Waals surface area contributed by atoms with Crippen LogP contribution in [0.1, 0.15) is 25.8 Å². The second-order valence-corrected chi connectivity index (χ2v) is 7.55. The first-order valence-electron chi connectivity index (χ1n) is 9.22. The van der Waals surface area contributed by atoms with Gasteiger partial charge in [0.15, 0.2) is 0 Å². The first kappa shape index (κ1) is 19.6. The number of hydrogen-bond donors (Lipinski definition) is 1. The molecule has 1 fully saturated rings. The Bertz CT molecular complexity index is 546. The van der Waals surface area contributed by atoms with Crippen LogP contribution in [0.25, 0.3) is 0 Å². The van der Waals surface area contributed by atoms with Crippen molar-refractivity contribution in [1.82, 2.24) is 15.1 Å². The molecule has 0 unspecified atom stereocenters. The third kappa shape index (κ3) is 5.63. The molecule has 5 nitrogen and oxygen atoms in total. The highest BCUT2D eigenvalue weighted by Gasteiger charge is 2.29. The first-order valence-corrected chi connectivity index (χ1v) is 9.22. The quantitative estimate of drug-likeness (QED) is 0.861. The predicted octanol–water partition coefficient (Wildman–Crippen LogP) is 2.86. The molecular formula is C20H33N3O2. The van der Waals surface area contributed by atoms with Crippen LogP contribution >= 0.6 is 0 Å². The molecule has 1 N–H and O–H groups in total. The Morgan fingerprint density at radius 2 is 2.08 bits per heavy atom. The number of piperidine rings is 1. The minimum absolute atomic E-state index is 0.0444. The smallest absolute Gasteiger partial charge is 0.317 e. The third-order valence-corrected chi connectivity index (χ3v) is 5.23. The minimum Gasteiger partial charge on any atom is -0.497 e. The van der Waals surface area contributed by atoms with Crippen molar-refractivity contribution in [2.45, 2.75) is 32.7 Å². The van der Waals surface area contributed by atoms with E-state index >= 15 is 0 Å². The fourth-order valence-corrected chi connectivity index (χ4v) is 3.69. The van der Waals surface area contributed by atoms with Gasteiger partial charge in [0.2, 0.25) is 0 Å². The molecule has 3 atom stereocenters. The number of carbonyl (C=O) groups is 1. The van der Waals surface area contributed by atoms with E-state index in [9.17, 15) is 4.79 Å². The zero-order valence-corrected chi connectivity index (χ0v) is 16.3. The van der Waals surface area contributed by atoms with E-state index in [2.05, 4.69) is 43.2 Å². The van der Waals surface area contributed by atoms with Crippen LogP contribution in [0.3, 0.4) is 0 Å². The normalized spacial score (nSPS) is 22.3. The van der Waals surface area contributed by atoms with Crippen LogP contribution in [0.4, 0.5) is 4.79 Å². The van der Waals surface area contributed by atoms with Gasteiger partial charge in [0.05, 0.1) is 7.11 Å². The summed E-state index contributed by atoms with van der Waals surface area (Å²) in [5.41, 5.74) is 1.26. The Labute approximate surface area is 152 Å². The van der Waals surface area contributed by atoms with E-state index in [1.807, 2.05) is 24.1 Å². The molecule has 1 heterocycles. The molecule has 0 spiro atoms. The second-order valence-electron chi connectivity index (χ2n) is 7.55. The predicted molar refractivity (Wildman–Crippen MR) is 102 cm³/mol. The summed E-state index contributed by atoms with van der Waals surface area (Å²) in [4.78, 5) is 16.7. The topological polar surface area (TPSA) is 44.8 Å². The van der Waals surface area contributed by atoms with Crippen molar-refractivity contribution in [2.75, 3.05) is 40.8 Å². The van der Waals surface area contributed by atoms with Gasteiger partial charge in [-0.3, -0.25) is 0 Å². The molecule has 2 amide bonds. The second kappa shape index (κ2) is 9.09. The number of carbonyl (C=O) groups excluding carboxylic acids is 1. The zero-order chi connectivity index (χ0) is 18.4. The molecule has 140 valence electrons. The summed E-state index contributed by atoms with van der Waals surface area (Å²) in [5, 5.41) is 3.10. The van der Waals surface area contributed by atoms with E-state index in [0.29, 0.717) is 24.4 Å². The van der Waals surface area contributed by atoms with Crippen molar-refractivity contribution >= 4 is 6.03 Å². The monoisotopic (exact) mass is 347 g/mol. The highest BCUT2D eigenvalue weighted by molar-refractivity contribution is 5.74. The molecule has 0 aliphatic carbocycles. The van der Waals surface area contributed by atoms with Crippen LogP contribution in [0, 0.1) is 11.8 Å². The molecule has 2 rings (SSSR count). The fourth-order valence-electron chi connectivity index (χ4n) is 3.69. The van der Waals surface area contributed by atoms with Gasteiger partial charge in [-0.25, -0.2) is 4.79 Å². The molecular weight excluding hydrogens is 314 g/mol. The summed E-state index contributed by atoms with van der Waals surface area (Å²) in [6, 6.07) is 8.51. The fraction of sp³-hybridized carbons (Fsp3) is 0.650. The lowest BCUT2D eigenvalue weighted by molar-refractivity contribution is 0.107. The first-order chi connectivity index (χ1) is 11.9. The maximum atomic E-state index is 12.5. The Balaban J connectivity index is 1.78. The van der Waals surface area contributed by atoms with Crippen LogP contribution in [0.5, 0.6) is 5.75 Å². The van der Waals surface area contributed by atoms with Crippen molar-refractivity contribution in [3.05, 3.63) is 29.8 Å². The number of hydrogen-bond acceptors (Lipinski definition) is 3. The highest BCUT2D eigenvalue weighted by Crippen LogP contribution is 2.20. The largest absolute Gasteiger partial charge is 0.497 e. The maximum absolute atomic E-state index is 12.5. The average molecular weight is 348 g/mol. The number of methoxy groups -OCH3 is 1. The number of amides is 2. The molecule has 1 aromatic rings. The van der Waals surface area contributed by atoms with Crippen LogP contribution in [0.15, 0.2) is 24.3 Å². The molecule has 5 heteroatoms. The van der Waals surface area contributed by atoms with Crippen LogP contribution in [-0.4, -0.2) is 62.7 Å². The van der Waals surface area contributed by atoms with Crippen molar-refractivity contribution in [2.24, 2.45) is 11.8 Å². The molecule has 1 aromatic carbocycles. The molecule has 0 aromatic heterocycles. The summed E-state index contributed by atoms with van der Waals surface area (Å²) in [6.45, 7) is 7.20. The molecule has 25 heavy (non-hydrogen) atoms. The Morgan fingerprint density at radius 3 is 2.68 bits per heavy atom. The lowest BCUT2D eigenvalue weighted by atomic mass is 9.93. The standard InChI is InChI=1S/C20H33N3O2/c1-15(12-17-6-8-18(25-5)9-7-17)13-21-20(24)23(4)19-10-11-22(3)14-16(19)2/h6-9,15-16,19H,10-14H2,1-5H3,(H,21,24)/t15-,16+,19-/m0/s1. The number of urea groups is 1. The van der Waals surface area contributed by atoms with E-state index < -0.39 is 0 Å². The summed E-state index contributed by atoms with van der Waals surface area (Å²) >= 11 is 0. The Morgan fingerprint density at radius 1 is 1.40 bits per heavy atom. The van der Waals surface area contributed by atoms with Crippen LogP contribution < -0.4 is 10.1 Å². The van der Waals surface area contributed by atoms with E-state index in [1.165, 1.54) is 5.56 Å². The van der Waals surface area contributed by atoms with E-state index in [4.69, 9.17) is 4.74 Å². The molecule has 0 saturated carbocycles. The Hall–Kier alpha value is -1.75. The number of benzene rings is 1. The number of nitrogens with one attached hydrogen (secondary N) is 1. The molecule has 0 bridgehead atoms. The van der Waals surface area contributed by atoms with Gasteiger partial charge in [0.25, 0.3) is 0 Å². The van der Waals surface area contributed by atoms with E-state index in [-0.39, 0.29) is 6.03 Å². The van der Waals surface area contributed by atoms with Crippen LogP contribution in [-0.2, 0) is 6.42 Å². The lowest BCUT2D eigenvalue weighted by Crippen LogP contribution is -2.52. The van der Waals surface area contributed by atoms with E-state index in [0.717, 1.165) is 31.7 Å². The number of rotatable bonds is 6. The van der Waals surface area contributed by atoms with Crippen molar-refractivity contribution in [3.8, 4) is 5.75 Å². The van der Waals surface area contributed by atoms with E-state index in [1.54, 1.807) is 7.11 Å². The summed E-state index contributed by atoms with van der Waals surface area (Å²) in [6.07, 6.45) is 1.99. The van der Waals surface area contributed by atoms with Gasteiger partial charge in [-0.1, -0.05) is 26.0 Å². The SMILES string of the molecule is COc1ccc(C[C@H](C)CNC(=O)N(C)[C@H]2CCN(C)C[C@H]2C)cc1. The summed E-state index contributed by atoms with van der Waals surface area (Å²) in [7, 11) is 5.75. The zero-order valence-electron chi connectivity index (χ0n) is 16.3. The number of nitrogens with zero attached hydrogens (tertiary/aromatic N) is 2. The number of likely N-dealkylation sites (tertiary alicyclic amines) is 1. The van der Waals surface area contributed by atoms with Crippen molar-refractivity contribution in [3.63, 3.8) is 0 Å². The van der Waals surface area contributed by atoms with Crippen molar-refractivity contribution < 1.29 is 9.53 Å². The summed E-state index contributed by atoms with van der Waals surface area (Å²) < 4.78 is 5.19. The van der Waals surface area contributed by atoms with Gasteiger partial charge in [-0.2, -0.15) is 0 Å². The van der Waals surface area contributed by atoms with Gasteiger partial charge in [0.1, 0.15) is 5.75 Å². The molecule has 0 radical (unpaired) electrons. The molecule has 1 aliphatic heterocycles. The molecule has 1 aliphatic rings. The maximum Gasteiger partial charge on any atom is 0.317 e. The number of ether oxygens (including phenoxy) is 1. The van der Waals surface area contributed by atoms with Crippen molar-refractivity contribution in [1.29, 1.82) is 0 Å². The lowest BCUT2D eigenvalue weighted by Gasteiger charge is -2.40. The van der Waals surface area contributed by atoms with Gasteiger partial charge >= 0.3 is 6.03 Å². The average Bonchev–Trinajstić information content (AvgIpc) is 2.60. The van der Waals surface area contributed by atoms with Gasteiger partial charge in [-0.05, 0) is 56.0 Å². The minimum atomic E-state index is 0.0444. The van der Waals surface area contributed by atoms with Gasteiger partial charge < -0.3 is 19.9 Å². The van der Waals surface area contributed by atoms with Gasteiger partial charge in [0, 0.05) is 26.2 Å². The summed E-state index contributed by atoms with van der Waals surface area (Å²) in [5.74, 6) is 1.77. The van der Waals surface area contributed by atoms with Gasteiger partial charge in [-0.15, -0.1) is 0 Å². The highest BCUT2D eigenvalue weighted by atomic mass is 16.5. The van der Waals surface area contributed by atoms with Crippen LogP contribution in [0.2, 0.25) is 0 Å². The Kier molecular flexibility index (Phi) is 7.12. The third-order valence-electron chi connectivity index (χ3n) is 5.23. The molecule has 1 saturated heterocycles.